The second-order valence-corrected chi connectivity index (χ2v) is 5.73. The summed E-state index contributed by atoms with van der Waals surface area (Å²) in [6, 6.07) is 0. The van der Waals surface area contributed by atoms with Crippen molar-refractivity contribution < 1.29 is 9.90 Å². The van der Waals surface area contributed by atoms with Gasteiger partial charge in [-0.3, -0.25) is 0 Å². The van der Waals surface area contributed by atoms with Gasteiger partial charge in [0.1, 0.15) is 0 Å². The third-order valence-electron chi connectivity index (χ3n) is 3.47. The molecule has 0 atom stereocenters. The Hall–Kier alpha value is -1.83. The Morgan fingerprint density at radius 2 is 1.12 bits per heavy atom. The number of carboxylic acid groups (broad SMARTS) is 1. The van der Waals surface area contributed by atoms with Gasteiger partial charge in [0.2, 0.25) is 0 Å². The molecule has 2 heteroatoms. The highest BCUT2D eigenvalue weighted by molar-refractivity contribution is 5.79. The molecule has 2 nitrogen and oxygen atoms in total. The maximum Gasteiger partial charge on any atom is 0.327 e. The molecule has 0 amide bonds. The molecule has 0 aromatic rings. The first-order valence-electron chi connectivity index (χ1n) is 9.26. The van der Waals surface area contributed by atoms with E-state index in [-0.39, 0.29) is 0 Å². The van der Waals surface area contributed by atoms with E-state index < -0.39 is 5.97 Å². The summed E-state index contributed by atoms with van der Waals surface area (Å²) in [4.78, 5) is 10.3. The van der Waals surface area contributed by atoms with Gasteiger partial charge in [-0.25, -0.2) is 4.79 Å². The highest BCUT2D eigenvalue weighted by Crippen LogP contribution is 2.06. The smallest absolute Gasteiger partial charge is 0.327 e. The molecule has 24 heavy (non-hydrogen) atoms. The van der Waals surface area contributed by atoms with Crippen LogP contribution in [0.5, 0.6) is 0 Å². The molecule has 0 aromatic heterocycles. The number of allylic oxidation sites excluding steroid dienone is 9. The van der Waals surface area contributed by atoms with Crippen molar-refractivity contribution in [2.45, 2.75) is 71.1 Å². The van der Waals surface area contributed by atoms with Crippen LogP contribution in [-0.4, -0.2) is 11.1 Å². The Kier molecular flexibility index (Phi) is 17.8. The minimum absolute atomic E-state index is 0.852. The Bertz CT molecular complexity index is 425. The van der Waals surface area contributed by atoms with Gasteiger partial charge in [-0.05, 0) is 51.4 Å². The fraction of sp³-hybridized carbons (Fsp3) is 0.500. The Balaban J connectivity index is 3.36. The summed E-state index contributed by atoms with van der Waals surface area (Å²) in [6.45, 7) is 2.15. The molecular weight excluding hydrogens is 296 g/mol. The topological polar surface area (TPSA) is 37.3 Å². The largest absolute Gasteiger partial charge is 0.478 e. The molecule has 0 unspecified atom stereocenters. The van der Waals surface area contributed by atoms with Crippen molar-refractivity contribution >= 4 is 5.97 Å². The molecule has 0 aliphatic heterocycles. The molecule has 0 heterocycles. The van der Waals surface area contributed by atoms with E-state index in [1.54, 1.807) is 6.08 Å². The van der Waals surface area contributed by atoms with Crippen LogP contribution < -0.4 is 0 Å². The SMILES string of the molecule is CC/C=C/C/C=C/C/C=C\C/C=C/CCCCCCC=CC(=O)O. The van der Waals surface area contributed by atoms with Crippen molar-refractivity contribution in [1.29, 1.82) is 0 Å². The summed E-state index contributed by atoms with van der Waals surface area (Å²) in [5.74, 6) is -0.852. The fourth-order valence-corrected chi connectivity index (χ4v) is 2.16. The van der Waals surface area contributed by atoms with Crippen LogP contribution in [0, 0.1) is 0 Å². The monoisotopic (exact) mass is 330 g/mol. The first-order chi connectivity index (χ1) is 11.8. The average Bonchev–Trinajstić information content (AvgIpc) is 2.56. The van der Waals surface area contributed by atoms with Crippen LogP contribution in [0.2, 0.25) is 0 Å². The zero-order chi connectivity index (χ0) is 17.7. The normalized spacial score (nSPS) is 12.7. The molecule has 1 N–H and O–H groups in total. The predicted molar refractivity (Wildman–Crippen MR) is 105 cm³/mol. The zero-order valence-electron chi connectivity index (χ0n) is 15.2. The molecule has 0 aliphatic carbocycles. The van der Waals surface area contributed by atoms with Gasteiger partial charge in [0.15, 0.2) is 0 Å². The Labute approximate surface area is 148 Å². The van der Waals surface area contributed by atoms with Crippen LogP contribution in [0.4, 0.5) is 0 Å². The second kappa shape index (κ2) is 19.2. The first-order valence-corrected chi connectivity index (χ1v) is 9.26. The van der Waals surface area contributed by atoms with Crippen LogP contribution in [0.25, 0.3) is 0 Å². The molecule has 0 rings (SSSR count). The molecule has 134 valence electrons. The molecule has 0 aliphatic rings. The zero-order valence-corrected chi connectivity index (χ0v) is 15.2. The predicted octanol–water partition coefficient (Wildman–Crippen LogP) is 6.77. The number of hydrogen-bond acceptors (Lipinski definition) is 1. The van der Waals surface area contributed by atoms with Gasteiger partial charge in [0.05, 0.1) is 0 Å². The van der Waals surface area contributed by atoms with Gasteiger partial charge in [-0.1, -0.05) is 74.4 Å². The summed E-state index contributed by atoms with van der Waals surface area (Å²) >= 11 is 0. The summed E-state index contributed by atoms with van der Waals surface area (Å²) < 4.78 is 0. The van der Waals surface area contributed by atoms with Crippen molar-refractivity contribution in [2.75, 3.05) is 0 Å². The lowest BCUT2D eigenvalue weighted by Gasteiger charge is -1.96. The van der Waals surface area contributed by atoms with E-state index in [9.17, 15) is 4.79 Å². The molecule has 0 radical (unpaired) electrons. The number of aliphatic carboxylic acids is 1. The molecule has 0 fully saturated rings. The van der Waals surface area contributed by atoms with Crippen LogP contribution in [-0.2, 0) is 4.79 Å². The number of carbonyl (C=O) groups is 1. The Morgan fingerprint density at radius 3 is 1.62 bits per heavy atom. The number of carboxylic acids is 1. The van der Waals surface area contributed by atoms with Gasteiger partial charge >= 0.3 is 5.97 Å². The molecule has 0 saturated carbocycles. The third-order valence-corrected chi connectivity index (χ3v) is 3.47. The molecule has 0 saturated heterocycles. The first kappa shape index (κ1) is 22.2. The van der Waals surface area contributed by atoms with Crippen molar-refractivity contribution in [1.82, 2.24) is 0 Å². The molecule has 0 aromatic carbocycles. The number of hydrogen-bond donors (Lipinski definition) is 1. The van der Waals surface area contributed by atoms with Crippen molar-refractivity contribution in [3.8, 4) is 0 Å². The average molecular weight is 331 g/mol. The van der Waals surface area contributed by atoms with E-state index >= 15 is 0 Å². The maximum absolute atomic E-state index is 10.3. The van der Waals surface area contributed by atoms with Crippen molar-refractivity contribution in [3.05, 3.63) is 60.8 Å². The fourth-order valence-electron chi connectivity index (χ4n) is 2.16. The van der Waals surface area contributed by atoms with E-state index in [4.69, 9.17) is 5.11 Å². The van der Waals surface area contributed by atoms with E-state index in [2.05, 4.69) is 55.5 Å². The number of unbranched alkanes of at least 4 members (excludes halogenated alkanes) is 5. The van der Waals surface area contributed by atoms with Crippen molar-refractivity contribution in [2.24, 2.45) is 0 Å². The summed E-state index contributed by atoms with van der Waals surface area (Å²) in [5.41, 5.74) is 0. The minimum atomic E-state index is -0.852. The molecule has 0 bridgehead atoms. The maximum atomic E-state index is 10.3. The lowest BCUT2D eigenvalue weighted by molar-refractivity contribution is -0.131. The highest BCUT2D eigenvalue weighted by atomic mass is 16.4. The lowest BCUT2D eigenvalue weighted by atomic mass is 10.1. The van der Waals surface area contributed by atoms with E-state index in [1.807, 2.05) is 0 Å². The van der Waals surface area contributed by atoms with Crippen LogP contribution in [0.1, 0.15) is 71.1 Å². The lowest BCUT2D eigenvalue weighted by Crippen LogP contribution is -1.85. The van der Waals surface area contributed by atoms with Gasteiger partial charge in [0, 0.05) is 6.08 Å². The summed E-state index contributed by atoms with van der Waals surface area (Å²) in [5, 5.41) is 8.45. The standard InChI is InChI=1S/C22H34O2/c1-2-3-4-5-6-7-8-9-10-11-12-13-14-15-16-17-18-19-20-21-22(23)24/h3-4,6-7,9-10,12-13,20-21H,2,5,8,11,14-19H2,1H3,(H,23,24)/b4-3+,7-6+,10-9-,13-12+,21-20?. The van der Waals surface area contributed by atoms with Gasteiger partial charge < -0.3 is 5.11 Å². The second-order valence-electron chi connectivity index (χ2n) is 5.73. The quantitative estimate of drug-likeness (QED) is 0.204. The van der Waals surface area contributed by atoms with E-state index in [0.29, 0.717) is 0 Å². The summed E-state index contributed by atoms with van der Waals surface area (Å²) in [6.07, 6.45) is 31.6. The van der Waals surface area contributed by atoms with E-state index in [1.165, 1.54) is 25.3 Å². The highest BCUT2D eigenvalue weighted by Gasteiger charge is 1.89. The van der Waals surface area contributed by atoms with Gasteiger partial charge in [-0.2, -0.15) is 0 Å². The Morgan fingerprint density at radius 1 is 0.667 bits per heavy atom. The van der Waals surface area contributed by atoms with Crippen LogP contribution in [0.3, 0.4) is 0 Å². The molecule has 0 spiro atoms. The third kappa shape index (κ3) is 20.2. The molecular formula is C22H34O2. The minimum Gasteiger partial charge on any atom is -0.478 e. The number of rotatable bonds is 15. The van der Waals surface area contributed by atoms with E-state index in [0.717, 1.165) is 44.9 Å². The van der Waals surface area contributed by atoms with Crippen molar-refractivity contribution in [3.63, 3.8) is 0 Å². The van der Waals surface area contributed by atoms with Gasteiger partial charge in [-0.15, -0.1) is 0 Å². The van der Waals surface area contributed by atoms with Crippen LogP contribution >= 0.6 is 0 Å². The summed E-state index contributed by atoms with van der Waals surface area (Å²) in [7, 11) is 0. The van der Waals surface area contributed by atoms with Crippen LogP contribution in [0.15, 0.2) is 60.8 Å². The van der Waals surface area contributed by atoms with Gasteiger partial charge in [0.25, 0.3) is 0 Å².